The first-order valence-electron chi connectivity index (χ1n) is 8.94. The lowest BCUT2D eigenvalue weighted by molar-refractivity contribution is 0.677. The molecule has 0 bridgehead atoms. The van der Waals surface area contributed by atoms with Gasteiger partial charge in [-0.15, -0.1) is 0 Å². The van der Waals surface area contributed by atoms with E-state index >= 15 is 0 Å². The second-order valence-corrected chi connectivity index (χ2v) is 10.6. The average Bonchev–Trinajstić information content (AvgIpc) is 2.74. The monoisotopic (exact) mass is 543 g/mol. The molecule has 0 saturated heterocycles. The SMILES string of the molecule is CNS(=O)c1cccc(C)c1.Cc1cccc(S(N)=O)c1.NS(=O)c1cccc(Br)c1. The maximum Gasteiger partial charge on any atom is 0.124 e. The largest absolute Gasteiger partial charge is 0.248 e. The molecule has 168 valence electrons. The predicted molar refractivity (Wildman–Crippen MR) is 133 cm³/mol. The van der Waals surface area contributed by atoms with Gasteiger partial charge < -0.3 is 0 Å². The number of rotatable bonds is 4. The van der Waals surface area contributed by atoms with Crippen molar-refractivity contribution in [2.75, 3.05) is 7.05 Å². The van der Waals surface area contributed by atoms with E-state index in [1.807, 2.05) is 62.4 Å². The van der Waals surface area contributed by atoms with Crippen LogP contribution in [0.4, 0.5) is 0 Å². The molecule has 0 heterocycles. The van der Waals surface area contributed by atoms with Crippen molar-refractivity contribution in [3.05, 3.63) is 88.4 Å². The summed E-state index contributed by atoms with van der Waals surface area (Å²) >= 11 is 3.24. The lowest BCUT2D eigenvalue weighted by atomic mass is 10.2. The highest BCUT2D eigenvalue weighted by Crippen LogP contribution is 2.12. The molecule has 3 aromatic rings. The second kappa shape index (κ2) is 14.5. The van der Waals surface area contributed by atoms with Gasteiger partial charge in [-0.1, -0.05) is 46.3 Å². The number of nitrogens with two attached hydrogens (primary N) is 2. The Morgan fingerprint density at radius 2 is 1.13 bits per heavy atom. The van der Waals surface area contributed by atoms with E-state index in [1.54, 1.807) is 31.3 Å². The van der Waals surface area contributed by atoms with Crippen LogP contribution < -0.4 is 15.0 Å². The van der Waals surface area contributed by atoms with Gasteiger partial charge in [0, 0.05) is 4.47 Å². The highest BCUT2D eigenvalue weighted by Gasteiger charge is 1.98. The minimum absolute atomic E-state index is 0.634. The number of benzene rings is 3. The van der Waals surface area contributed by atoms with Gasteiger partial charge in [-0.3, -0.25) is 0 Å². The second-order valence-electron chi connectivity index (χ2n) is 6.16. The van der Waals surface area contributed by atoms with E-state index in [1.165, 1.54) is 0 Å². The third-order valence-corrected chi connectivity index (χ3v) is 6.62. The lowest BCUT2D eigenvalue weighted by Crippen LogP contribution is -2.10. The van der Waals surface area contributed by atoms with Crippen molar-refractivity contribution >= 4 is 48.9 Å². The van der Waals surface area contributed by atoms with Crippen LogP contribution in [0.15, 0.2) is 92.0 Å². The van der Waals surface area contributed by atoms with Gasteiger partial charge in [-0.2, -0.15) is 0 Å². The van der Waals surface area contributed by atoms with Crippen molar-refractivity contribution in [2.24, 2.45) is 10.3 Å². The molecule has 3 aromatic carbocycles. The molecule has 6 nitrogen and oxygen atoms in total. The van der Waals surface area contributed by atoms with Crippen molar-refractivity contribution in [3.63, 3.8) is 0 Å². The van der Waals surface area contributed by atoms with Gasteiger partial charge in [0.15, 0.2) is 0 Å². The van der Waals surface area contributed by atoms with E-state index in [4.69, 9.17) is 10.3 Å². The van der Waals surface area contributed by atoms with Crippen LogP contribution in [-0.4, -0.2) is 19.7 Å². The lowest BCUT2D eigenvalue weighted by Gasteiger charge is -1.99. The summed E-state index contributed by atoms with van der Waals surface area (Å²) in [6.07, 6.45) is 0. The minimum atomic E-state index is -1.37. The molecule has 0 spiro atoms. The van der Waals surface area contributed by atoms with Gasteiger partial charge in [-0.25, -0.2) is 27.6 Å². The molecule has 0 aromatic heterocycles. The first kappa shape index (κ1) is 27.5. The average molecular weight is 545 g/mol. The third kappa shape index (κ3) is 11.1. The Morgan fingerprint density at radius 3 is 1.48 bits per heavy atom. The molecule has 5 N–H and O–H groups in total. The van der Waals surface area contributed by atoms with Crippen LogP contribution in [0.5, 0.6) is 0 Å². The van der Waals surface area contributed by atoms with Crippen LogP contribution in [0, 0.1) is 13.8 Å². The summed E-state index contributed by atoms with van der Waals surface area (Å²) in [7, 11) is -2.08. The fraction of sp³-hybridized carbons (Fsp3) is 0.143. The fourth-order valence-electron chi connectivity index (χ4n) is 2.18. The van der Waals surface area contributed by atoms with E-state index in [0.717, 1.165) is 20.5 Å². The number of aryl methyl sites for hydroxylation is 2. The maximum atomic E-state index is 11.2. The van der Waals surface area contributed by atoms with Crippen molar-refractivity contribution in [1.29, 1.82) is 0 Å². The van der Waals surface area contributed by atoms with E-state index in [2.05, 4.69) is 20.7 Å². The topological polar surface area (TPSA) is 115 Å². The Kier molecular flexibility index (Phi) is 12.9. The summed E-state index contributed by atoms with van der Waals surface area (Å²) in [5.41, 5.74) is 2.21. The normalized spacial score (nSPS) is 13.0. The van der Waals surface area contributed by atoms with Crippen molar-refractivity contribution in [1.82, 2.24) is 4.72 Å². The van der Waals surface area contributed by atoms with Gasteiger partial charge in [0.2, 0.25) is 0 Å². The van der Waals surface area contributed by atoms with Gasteiger partial charge in [0.25, 0.3) is 0 Å². The van der Waals surface area contributed by atoms with Gasteiger partial charge in [0.05, 0.1) is 14.7 Å². The summed E-state index contributed by atoms with van der Waals surface area (Å²) in [6, 6.07) is 22.1. The fourth-order valence-corrected chi connectivity index (χ4v) is 4.43. The first-order chi connectivity index (χ1) is 14.6. The molecule has 0 fully saturated rings. The van der Waals surface area contributed by atoms with Gasteiger partial charge >= 0.3 is 0 Å². The smallest absolute Gasteiger partial charge is 0.124 e. The molecule has 0 aliphatic rings. The van der Waals surface area contributed by atoms with Gasteiger partial charge in [-0.05, 0) is 74.5 Å². The Hall–Kier alpha value is -1.53. The standard InChI is InChI=1S/C8H11NOS.C7H9NOS.C6H6BrNOS/c1-7-4-3-5-8(6-7)11(10)9-2;1-6-3-2-4-7(5-6)10(8)9;7-5-2-1-3-6(4-5)10(8)9/h3-6,9H,1-2H3;2-5H,8H2,1H3;1-4H,8H2. The highest BCUT2D eigenvalue weighted by molar-refractivity contribution is 9.10. The highest BCUT2D eigenvalue weighted by atomic mass is 79.9. The van der Waals surface area contributed by atoms with E-state index in [-0.39, 0.29) is 0 Å². The Labute approximate surface area is 199 Å². The molecule has 3 unspecified atom stereocenters. The van der Waals surface area contributed by atoms with Crippen LogP contribution in [0.1, 0.15) is 11.1 Å². The molecule has 3 atom stereocenters. The number of hydrogen-bond acceptors (Lipinski definition) is 3. The zero-order chi connectivity index (χ0) is 23.4. The summed E-state index contributed by atoms with van der Waals surface area (Å²) in [4.78, 5) is 2.14. The van der Waals surface area contributed by atoms with Gasteiger partial charge in [0.1, 0.15) is 33.0 Å². The molecule has 0 aliphatic heterocycles. The van der Waals surface area contributed by atoms with Crippen LogP contribution in [-0.2, 0) is 33.0 Å². The molecule has 0 amide bonds. The Balaban J connectivity index is 0.000000233. The molecule has 31 heavy (non-hydrogen) atoms. The number of halogens is 1. The number of nitrogens with one attached hydrogen (secondary N) is 1. The molecular formula is C21H26BrN3O3S3. The third-order valence-electron chi connectivity index (χ3n) is 3.64. The predicted octanol–water partition coefficient (Wildman–Crippen LogP) is 3.64. The minimum Gasteiger partial charge on any atom is -0.248 e. The summed E-state index contributed by atoms with van der Waals surface area (Å²) in [5.74, 6) is 0. The van der Waals surface area contributed by atoms with E-state index < -0.39 is 33.0 Å². The maximum absolute atomic E-state index is 11.2. The van der Waals surface area contributed by atoms with Crippen LogP contribution >= 0.6 is 15.9 Å². The van der Waals surface area contributed by atoms with E-state index in [9.17, 15) is 12.6 Å². The zero-order valence-electron chi connectivity index (χ0n) is 17.4. The van der Waals surface area contributed by atoms with Crippen LogP contribution in [0.25, 0.3) is 0 Å². The zero-order valence-corrected chi connectivity index (χ0v) is 21.4. The van der Waals surface area contributed by atoms with Crippen molar-refractivity contribution < 1.29 is 12.6 Å². The molecule has 0 saturated carbocycles. The van der Waals surface area contributed by atoms with Crippen molar-refractivity contribution in [3.8, 4) is 0 Å². The molecule has 3 rings (SSSR count). The summed E-state index contributed by atoms with van der Waals surface area (Å²) in [6.45, 7) is 3.92. The van der Waals surface area contributed by atoms with Crippen molar-refractivity contribution in [2.45, 2.75) is 28.5 Å². The molecule has 10 heteroatoms. The van der Waals surface area contributed by atoms with E-state index in [0.29, 0.717) is 9.79 Å². The Morgan fingerprint density at radius 1 is 0.710 bits per heavy atom. The molecule has 0 aliphatic carbocycles. The van der Waals surface area contributed by atoms with Crippen LogP contribution in [0.3, 0.4) is 0 Å². The number of hydrogen-bond donors (Lipinski definition) is 3. The molecular weight excluding hydrogens is 518 g/mol. The summed E-state index contributed by atoms with van der Waals surface area (Å²) in [5, 5.41) is 10.3. The van der Waals surface area contributed by atoms with Crippen LogP contribution in [0.2, 0.25) is 0 Å². The quantitative estimate of drug-likeness (QED) is 0.466. The Bertz CT molecular complexity index is 1010. The summed E-state index contributed by atoms with van der Waals surface area (Å²) < 4.78 is 36.1. The first-order valence-corrected chi connectivity index (χ1v) is 13.3. The molecule has 0 radical (unpaired) electrons.